The van der Waals surface area contributed by atoms with Gasteiger partial charge in [0.05, 0.1) is 6.54 Å². The monoisotopic (exact) mass is 254 g/mol. The first-order valence-electron chi connectivity index (χ1n) is 5.04. The third-order valence-electron chi connectivity index (χ3n) is 2.01. The van der Waals surface area contributed by atoms with Crippen molar-refractivity contribution < 1.29 is 14.7 Å². The molecule has 17 heavy (non-hydrogen) atoms. The number of aliphatic carboxylic acids is 1. The van der Waals surface area contributed by atoms with Gasteiger partial charge in [-0.2, -0.15) is 0 Å². The van der Waals surface area contributed by atoms with Gasteiger partial charge in [0.1, 0.15) is 6.04 Å². The Morgan fingerprint density at radius 2 is 2.35 bits per heavy atom. The van der Waals surface area contributed by atoms with E-state index in [0.29, 0.717) is 6.54 Å². The molecule has 1 aromatic rings. The van der Waals surface area contributed by atoms with Gasteiger partial charge in [0.25, 0.3) is 0 Å². The predicted octanol–water partition coefficient (Wildman–Crippen LogP) is 1.58. The van der Waals surface area contributed by atoms with Crippen molar-refractivity contribution in [3.05, 3.63) is 35.0 Å². The van der Waals surface area contributed by atoms with Gasteiger partial charge in [-0.25, -0.2) is 9.59 Å². The lowest BCUT2D eigenvalue weighted by Gasteiger charge is -2.12. The summed E-state index contributed by atoms with van der Waals surface area (Å²) in [6, 6.07) is 2.35. The summed E-state index contributed by atoms with van der Waals surface area (Å²) in [5.74, 6) is -1.07. The van der Waals surface area contributed by atoms with E-state index in [2.05, 4.69) is 17.2 Å². The average Bonchev–Trinajstić information content (AvgIpc) is 2.78. The van der Waals surface area contributed by atoms with Crippen molar-refractivity contribution >= 4 is 23.3 Å². The van der Waals surface area contributed by atoms with E-state index in [1.54, 1.807) is 0 Å². The maximum atomic E-state index is 11.4. The van der Waals surface area contributed by atoms with Crippen LogP contribution in [0.4, 0.5) is 4.79 Å². The van der Waals surface area contributed by atoms with E-state index in [4.69, 9.17) is 5.11 Å². The van der Waals surface area contributed by atoms with E-state index in [1.165, 1.54) is 17.4 Å². The molecule has 0 aliphatic carbocycles. The zero-order chi connectivity index (χ0) is 12.7. The molecule has 0 spiro atoms. The molecule has 1 atom stereocenters. The Morgan fingerprint density at radius 1 is 1.59 bits per heavy atom. The maximum absolute atomic E-state index is 11.4. The van der Waals surface area contributed by atoms with E-state index < -0.39 is 18.0 Å². The summed E-state index contributed by atoms with van der Waals surface area (Å²) in [6.45, 7) is 3.84. The summed E-state index contributed by atoms with van der Waals surface area (Å²) in [5.41, 5.74) is 0. The largest absolute Gasteiger partial charge is 0.480 e. The highest BCUT2D eigenvalue weighted by molar-refractivity contribution is 7.09. The van der Waals surface area contributed by atoms with Gasteiger partial charge in [-0.1, -0.05) is 12.1 Å². The van der Waals surface area contributed by atoms with Crippen LogP contribution < -0.4 is 10.6 Å². The Kier molecular flexibility index (Phi) is 5.22. The summed E-state index contributed by atoms with van der Waals surface area (Å²) in [4.78, 5) is 23.2. The lowest BCUT2D eigenvalue weighted by Crippen LogP contribution is -2.45. The topological polar surface area (TPSA) is 78.4 Å². The number of rotatable bonds is 6. The van der Waals surface area contributed by atoms with E-state index in [0.717, 1.165) is 4.88 Å². The smallest absolute Gasteiger partial charge is 0.326 e. The van der Waals surface area contributed by atoms with Crippen molar-refractivity contribution in [1.82, 2.24) is 10.6 Å². The number of carbonyl (C=O) groups excluding carboxylic acids is 1. The highest BCUT2D eigenvalue weighted by Crippen LogP contribution is 2.07. The molecule has 1 rings (SSSR count). The van der Waals surface area contributed by atoms with E-state index in [-0.39, 0.29) is 6.42 Å². The number of carbonyl (C=O) groups is 2. The summed E-state index contributed by atoms with van der Waals surface area (Å²) in [6.07, 6.45) is 1.65. The minimum absolute atomic E-state index is 0.196. The molecule has 3 N–H and O–H groups in total. The van der Waals surface area contributed by atoms with Gasteiger partial charge in [-0.3, -0.25) is 0 Å². The Morgan fingerprint density at radius 3 is 2.88 bits per heavy atom. The fourth-order valence-corrected chi connectivity index (χ4v) is 1.82. The highest BCUT2D eigenvalue weighted by atomic mass is 32.1. The van der Waals surface area contributed by atoms with E-state index in [1.807, 2.05) is 17.5 Å². The number of hydrogen-bond donors (Lipinski definition) is 3. The average molecular weight is 254 g/mol. The van der Waals surface area contributed by atoms with Crippen molar-refractivity contribution in [3.8, 4) is 0 Å². The van der Waals surface area contributed by atoms with Crippen molar-refractivity contribution in [2.75, 3.05) is 0 Å². The molecule has 0 aliphatic heterocycles. The molecule has 0 fully saturated rings. The van der Waals surface area contributed by atoms with Crippen LogP contribution in [0, 0.1) is 0 Å². The number of carboxylic acids is 1. The highest BCUT2D eigenvalue weighted by Gasteiger charge is 2.17. The molecular weight excluding hydrogens is 240 g/mol. The quantitative estimate of drug-likeness (QED) is 0.674. The van der Waals surface area contributed by atoms with Crippen LogP contribution in [0.15, 0.2) is 30.2 Å². The van der Waals surface area contributed by atoms with Gasteiger partial charge in [0.15, 0.2) is 0 Å². The van der Waals surface area contributed by atoms with Gasteiger partial charge in [0, 0.05) is 4.88 Å². The fraction of sp³-hybridized carbons (Fsp3) is 0.273. The lowest BCUT2D eigenvalue weighted by atomic mass is 10.2. The summed E-state index contributed by atoms with van der Waals surface area (Å²) in [7, 11) is 0. The van der Waals surface area contributed by atoms with Crippen LogP contribution in [0.2, 0.25) is 0 Å². The fourth-order valence-electron chi connectivity index (χ4n) is 1.18. The Bertz CT molecular complexity index is 389. The van der Waals surface area contributed by atoms with Crippen LogP contribution in [-0.4, -0.2) is 23.1 Å². The number of hydrogen-bond acceptors (Lipinski definition) is 3. The molecule has 1 aromatic heterocycles. The summed E-state index contributed by atoms with van der Waals surface area (Å²) in [5, 5.41) is 15.7. The molecule has 0 saturated carbocycles. The molecule has 0 radical (unpaired) electrons. The minimum Gasteiger partial charge on any atom is -0.480 e. The SMILES string of the molecule is C=CCC(NC(=O)NCc1cccs1)C(=O)O. The lowest BCUT2D eigenvalue weighted by molar-refractivity contribution is -0.139. The Labute approximate surface area is 103 Å². The molecule has 0 aromatic carbocycles. The van der Waals surface area contributed by atoms with E-state index >= 15 is 0 Å². The number of nitrogens with one attached hydrogen (secondary N) is 2. The van der Waals surface area contributed by atoms with Gasteiger partial charge in [0.2, 0.25) is 0 Å². The number of carboxylic acid groups (broad SMARTS) is 1. The molecule has 1 heterocycles. The Hall–Kier alpha value is -1.82. The van der Waals surface area contributed by atoms with Gasteiger partial charge < -0.3 is 15.7 Å². The molecule has 5 nitrogen and oxygen atoms in total. The minimum atomic E-state index is -1.07. The molecule has 0 bridgehead atoms. The van der Waals surface area contributed by atoms with Crippen molar-refractivity contribution in [3.63, 3.8) is 0 Å². The molecule has 1 unspecified atom stereocenters. The molecule has 92 valence electrons. The zero-order valence-electron chi connectivity index (χ0n) is 9.18. The second kappa shape index (κ2) is 6.70. The van der Waals surface area contributed by atoms with E-state index in [9.17, 15) is 9.59 Å². The van der Waals surface area contributed by atoms with Crippen LogP contribution >= 0.6 is 11.3 Å². The van der Waals surface area contributed by atoms with Crippen molar-refractivity contribution in [2.45, 2.75) is 19.0 Å². The number of amides is 2. The molecule has 6 heteroatoms. The number of urea groups is 1. The molecule has 0 aliphatic rings. The van der Waals surface area contributed by atoms with Crippen molar-refractivity contribution in [1.29, 1.82) is 0 Å². The second-order valence-corrected chi connectivity index (χ2v) is 4.35. The first-order chi connectivity index (χ1) is 8.13. The van der Waals surface area contributed by atoms with Crippen LogP contribution in [0.5, 0.6) is 0 Å². The zero-order valence-corrected chi connectivity index (χ0v) is 10.00. The first-order valence-corrected chi connectivity index (χ1v) is 5.92. The van der Waals surface area contributed by atoms with Gasteiger partial charge >= 0.3 is 12.0 Å². The normalized spacial score (nSPS) is 11.5. The van der Waals surface area contributed by atoms with Crippen LogP contribution in [-0.2, 0) is 11.3 Å². The number of thiophene rings is 1. The summed E-state index contributed by atoms with van der Waals surface area (Å²) < 4.78 is 0. The standard InChI is InChI=1S/C11H14N2O3S/c1-2-4-9(10(14)15)13-11(16)12-7-8-5-3-6-17-8/h2-3,5-6,9H,1,4,7H2,(H,14,15)(H2,12,13,16). The van der Waals surface area contributed by atoms with Crippen LogP contribution in [0.3, 0.4) is 0 Å². The van der Waals surface area contributed by atoms with Gasteiger partial charge in [-0.15, -0.1) is 17.9 Å². The molecule has 0 saturated heterocycles. The van der Waals surface area contributed by atoms with Crippen molar-refractivity contribution in [2.24, 2.45) is 0 Å². The Balaban J connectivity index is 2.37. The third-order valence-corrected chi connectivity index (χ3v) is 2.89. The first kappa shape index (κ1) is 13.2. The van der Waals surface area contributed by atoms with Gasteiger partial charge in [-0.05, 0) is 17.9 Å². The predicted molar refractivity (Wildman–Crippen MR) is 65.9 cm³/mol. The maximum Gasteiger partial charge on any atom is 0.326 e. The third kappa shape index (κ3) is 4.69. The summed E-state index contributed by atoms with van der Waals surface area (Å²) >= 11 is 1.53. The van der Waals surface area contributed by atoms with Crippen LogP contribution in [0.25, 0.3) is 0 Å². The second-order valence-electron chi connectivity index (χ2n) is 3.32. The van der Waals surface area contributed by atoms with Crippen LogP contribution in [0.1, 0.15) is 11.3 Å². The molecule has 2 amide bonds. The molecular formula is C11H14N2O3S.